The summed E-state index contributed by atoms with van der Waals surface area (Å²) in [6, 6.07) is 1.74. The standard InChI is InChI=1S/C10H10BrN3O/c1-2-7-3-10(15)14(5-7)9-4-8(11)12-6-13-9/h2,4,6-7H,1,3,5H2. The molecule has 1 aliphatic rings. The molecule has 4 nitrogen and oxygen atoms in total. The molecule has 1 unspecified atom stereocenters. The van der Waals surface area contributed by atoms with Crippen molar-refractivity contribution in [2.24, 2.45) is 5.92 Å². The van der Waals surface area contributed by atoms with Crippen molar-refractivity contribution >= 4 is 27.7 Å². The zero-order valence-corrected chi connectivity index (χ0v) is 9.64. The normalized spacial score (nSPS) is 20.7. The monoisotopic (exact) mass is 267 g/mol. The van der Waals surface area contributed by atoms with Crippen LogP contribution in [-0.2, 0) is 4.79 Å². The maximum absolute atomic E-state index is 11.7. The highest BCUT2D eigenvalue weighted by Crippen LogP contribution is 2.24. The van der Waals surface area contributed by atoms with Crippen LogP contribution in [0.25, 0.3) is 0 Å². The fourth-order valence-corrected chi connectivity index (χ4v) is 1.88. The third-order valence-corrected chi connectivity index (χ3v) is 2.82. The van der Waals surface area contributed by atoms with E-state index in [1.807, 2.05) is 6.08 Å². The highest BCUT2D eigenvalue weighted by molar-refractivity contribution is 9.10. The first-order chi connectivity index (χ1) is 7.20. The molecule has 0 saturated carbocycles. The maximum Gasteiger partial charge on any atom is 0.228 e. The van der Waals surface area contributed by atoms with Gasteiger partial charge in [-0.15, -0.1) is 6.58 Å². The number of amides is 1. The minimum absolute atomic E-state index is 0.0884. The van der Waals surface area contributed by atoms with Gasteiger partial charge in [0.2, 0.25) is 5.91 Å². The van der Waals surface area contributed by atoms with Gasteiger partial charge in [0.1, 0.15) is 16.7 Å². The molecule has 78 valence electrons. The topological polar surface area (TPSA) is 46.1 Å². The molecule has 1 fully saturated rings. The van der Waals surface area contributed by atoms with Crippen molar-refractivity contribution in [3.8, 4) is 0 Å². The molecule has 0 bridgehead atoms. The van der Waals surface area contributed by atoms with E-state index in [4.69, 9.17) is 0 Å². The van der Waals surface area contributed by atoms with Crippen molar-refractivity contribution in [2.45, 2.75) is 6.42 Å². The summed E-state index contributed by atoms with van der Waals surface area (Å²) < 4.78 is 0.683. The Bertz CT molecular complexity index is 407. The second kappa shape index (κ2) is 4.10. The predicted octanol–water partition coefficient (Wildman–Crippen LogP) is 1.78. The molecular weight excluding hydrogens is 258 g/mol. The number of hydrogen-bond donors (Lipinski definition) is 0. The van der Waals surface area contributed by atoms with Gasteiger partial charge in [-0.05, 0) is 15.9 Å². The molecule has 1 aliphatic heterocycles. The van der Waals surface area contributed by atoms with Gasteiger partial charge in [-0.1, -0.05) is 6.08 Å². The van der Waals surface area contributed by atoms with E-state index >= 15 is 0 Å². The van der Waals surface area contributed by atoms with Crippen LogP contribution in [0.3, 0.4) is 0 Å². The number of nitrogens with zero attached hydrogens (tertiary/aromatic N) is 3. The fourth-order valence-electron chi connectivity index (χ4n) is 1.59. The lowest BCUT2D eigenvalue weighted by Gasteiger charge is -2.14. The number of rotatable bonds is 2. The zero-order chi connectivity index (χ0) is 10.8. The number of hydrogen-bond acceptors (Lipinski definition) is 3. The third kappa shape index (κ3) is 2.07. The van der Waals surface area contributed by atoms with E-state index in [0.717, 1.165) is 0 Å². The van der Waals surface area contributed by atoms with Gasteiger partial charge >= 0.3 is 0 Å². The van der Waals surface area contributed by atoms with Crippen LogP contribution in [0.4, 0.5) is 5.82 Å². The van der Waals surface area contributed by atoms with Crippen LogP contribution in [-0.4, -0.2) is 22.4 Å². The summed E-state index contributed by atoms with van der Waals surface area (Å²) in [5, 5.41) is 0. The molecule has 0 aromatic carbocycles. The van der Waals surface area contributed by atoms with Gasteiger partial charge in [0.15, 0.2) is 0 Å². The lowest BCUT2D eigenvalue weighted by Crippen LogP contribution is -2.25. The average molecular weight is 268 g/mol. The highest BCUT2D eigenvalue weighted by Gasteiger charge is 2.29. The third-order valence-electron chi connectivity index (χ3n) is 2.38. The van der Waals surface area contributed by atoms with Crippen molar-refractivity contribution in [1.29, 1.82) is 0 Å². The molecule has 1 amide bonds. The Hall–Kier alpha value is -1.23. The van der Waals surface area contributed by atoms with Gasteiger partial charge in [-0.25, -0.2) is 9.97 Å². The van der Waals surface area contributed by atoms with Gasteiger partial charge < -0.3 is 0 Å². The number of aromatic nitrogens is 2. The Balaban J connectivity index is 2.25. The first kappa shape index (κ1) is 10.3. The second-order valence-corrected chi connectivity index (χ2v) is 4.22. The summed E-state index contributed by atoms with van der Waals surface area (Å²) in [6.07, 6.45) is 3.77. The van der Waals surface area contributed by atoms with Gasteiger partial charge in [-0.3, -0.25) is 9.69 Å². The van der Waals surface area contributed by atoms with Crippen LogP contribution in [0.5, 0.6) is 0 Å². The van der Waals surface area contributed by atoms with Crippen molar-refractivity contribution in [3.05, 3.63) is 29.7 Å². The number of halogens is 1. The Labute approximate surface area is 96.2 Å². The first-order valence-electron chi connectivity index (χ1n) is 4.61. The van der Waals surface area contributed by atoms with E-state index in [1.165, 1.54) is 6.33 Å². The van der Waals surface area contributed by atoms with Gasteiger partial charge in [0.25, 0.3) is 0 Å². The number of carbonyl (C=O) groups is 1. The Morgan fingerprint density at radius 1 is 1.60 bits per heavy atom. The van der Waals surface area contributed by atoms with E-state index in [-0.39, 0.29) is 11.8 Å². The van der Waals surface area contributed by atoms with Crippen LogP contribution >= 0.6 is 15.9 Å². The molecule has 15 heavy (non-hydrogen) atoms. The summed E-state index contributed by atoms with van der Waals surface area (Å²) >= 11 is 3.25. The van der Waals surface area contributed by atoms with Crippen molar-refractivity contribution in [3.63, 3.8) is 0 Å². The van der Waals surface area contributed by atoms with Gasteiger partial charge in [0, 0.05) is 24.9 Å². The minimum atomic E-state index is 0.0884. The summed E-state index contributed by atoms with van der Waals surface area (Å²) in [5.74, 6) is 0.961. The molecule has 2 heterocycles. The Morgan fingerprint density at radius 3 is 3.00 bits per heavy atom. The molecule has 1 saturated heterocycles. The van der Waals surface area contributed by atoms with Crippen molar-refractivity contribution in [2.75, 3.05) is 11.4 Å². The van der Waals surface area contributed by atoms with Crippen LogP contribution < -0.4 is 4.90 Å². The SMILES string of the molecule is C=CC1CC(=O)N(c2cc(Br)ncn2)C1. The lowest BCUT2D eigenvalue weighted by atomic mass is 10.1. The van der Waals surface area contributed by atoms with E-state index in [9.17, 15) is 4.79 Å². The average Bonchev–Trinajstić information content (AvgIpc) is 2.60. The molecule has 1 aromatic rings. The minimum Gasteiger partial charge on any atom is -0.296 e. The summed E-state index contributed by atoms with van der Waals surface area (Å²) in [7, 11) is 0. The highest BCUT2D eigenvalue weighted by atomic mass is 79.9. The number of anilines is 1. The van der Waals surface area contributed by atoms with Crippen molar-refractivity contribution in [1.82, 2.24) is 9.97 Å². The molecule has 0 N–H and O–H groups in total. The summed E-state index contributed by atoms with van der Waals surface area (Å²) in [4.78, 5) is 21.3. The molecule has 2 rings (SSSR count). The van der Waals surface area contributed by atoms with Crippen LogP contribution in [0, 0.1) is 5.92 Å². The van der Waals surface area contributed by atoms with Crippen LogP contribution in [0.2, 0.25) is 0 Å². The fraction of sp³-hybridized carbons (Fsp3) is 0.300. The van der Waals surface area contributed by atoms with Gasteiger partial charge in [0.05, 0.1) is 0 Å². The van der Waals surface area contributed by atoms with E-state index < -0.39 is 0 Å². The van der Waals surface area contributed by atoms with E-state index in [2.05, 4.69) is 32.5 Å². The molecule has 1 aromatic heterocycles. The summed E-state index contributed by atoms with van der Waals surface area (Å²) in [5.41, 5.74) is 0. The summed E-state index contributed by atoms with van der Waals surface area (Å²) in [6.45, 7) is 4.36. The van der Waals surface area contributed by atoms with Gasteiger partial charge in [-0.2, -0.15) is 0 Å². The quantitative estimate of drug-likeness (QED) is 0.606. The molecule has 0 spiro atoms. The van der Waals surface area contributed by atoms with E-state index in [1.54, 1.807) is 11.0 Å². The Kier molecular flexibility index (Phi) is 2.81. The Morgan fingerprint density at radius 2 is 2.40 bits per heavy atom. The molecule has 5 heteroatoms. The lowest BCUT2D eigenvalue weighted by molar-refractivity contribution is -0.117. The molecular formula is C10H10BrN3O. The van der Waals surface area contributed by atoms with Crippen LogP contribution in [0.1, 0.15) is 6.42 Å². The molecule has 0 radical (unpaired) electrons. The number of carbonyl (C=O) groups excluding carboxylic acids is 1. The first-order valence-corrected chi connectivity index (χ1v) is 5.40. The van der Waals surface area contributed by atoms with E-state index in [0.29, 0.717) is 23.4 Å². The molecule has 0 aliphatic carbocycles. The smallest absolute Gasteiger partial charge is 0.228 e. The van der Waals surface area contributed by atoms with Crippen molar-refractivity contribution < 1.29 is 4.79 Å². The second-order valence-electron chi connectivity index (χ2n) is 3.40. The zero-order valence-electron chi connectivity index (χ0n) is 8.06. The maximum atomic E-state index is 11.7. The predicted molar refractivity (Wildman–Crippen MR) is 60.4 cm³/mol. The molecule has 1 atom stereocenters. The van der Waals surface area contributed by atoms with Crippen LogP contribution in [0.15, 0.2) is 29.7 Å². The largest absolute Gasteiger partial charge is 0.296 e.